The summed E-state index contributed by atoms with van der Waals surface area (Å²) in [6.45, 7) is 15.5. The number of ether oxygens (including phenoxy) is 1. The van der Waals surface area contributed by atoms with Gasteiger partial charge >= 0.3 is 0 Å². The maximum Gasteiger partial charge on any atom is 0.246 e. The second-order valence-corrected chi connectivity index (χ2v) is 23.2. The summed E-state index contributed by atoms with van der Waals surface area (Å²) in [5.74, 6) is -0.393. The Morgan fingerprint density at radius 2 is 1.66 bits per heavy atom. The molecule has 0 aromatic heterocycles. The lowest BCUT2D eigenvalue weighted by Crippen LogP contribution is -2.62. The first-order valence-electron chi connectivity index (χ1n) is 11.5. The van der Waals surface area contributed by atoms with Crippen molar-refractivity contribution in [2.24, 2.45) is 5.92 Å². The van der Waals surface area contributed by atoms with Crippen LogP contribution < -0.4 is 0 Å². The Hall–Kier alpha value is -1.49. The molecular formula is C24H35NO4SSi2. The van der Waals surface area contributed by atoms with Crippen LogP contribution in [0.5, 0.6) is 0 Å². The van der Waals surface area contributed by atoms with Crippen LogP contribution in [0.4, 0.5) is 0 Å². The van der Waals surface area contributed by atoms with Gasteiger partial charge < -0.3 is 4.74 Å². The third-order valence-electron chi connectivity index (χ3n) is 6.83. The number of piperidine rings is 1. The minimum Gasteiger partial charge on any atom is -0.477 e. The highest BCUT2D eigenvalue weighted by atomic mass is 32.2. The molecule has 1 spiro atoms. The van der Waals surface area contributed by atoms with Gasteiger partial charge in [-0.15, -0.1) is 0 Å². The predicted octanol–water partition coefficient (Wildman–Crippen LogP) is 5.03. The van der Waals surface area contributed by atoms with Crippen molar-refractivity contribution in [3.63, 3.8) is 0 Å². The Morgan fingerprint density at radius 1 is 1.03 bits per heavy atom. The molecule has 1 aromatic carbocycles. The lowest BCUT2D eigenvalue weighted by Gasteiger charge is -2.51. The summed E-state index contributed by atoms with van der Waals surface area (Å²) in [5, 5.41) is 1.80. The number of ketones is 1. The molecule has 2 heterocycles. The highest BCUT2D eigenvalue weighted by Crippen LogP contribution is 2.56. The van der Waals surface area contributed by atoms with Crippen molar-refractivity contribution in [1.29, 1.82) is 0 Å². The van der Waals surface area contributed by atoms with Gasteiger partial charge in [0.1, 0.15) is 8.07 Å². The molecule has 1 fully saturated rings. The smallest absolute Gasteiger partial charge is 0.246 e. The lowest BCUT2D eigenvalue weighted by molar-refractivity contribution is -0.137. The Balaban J connectivity index is 1.97. The van der Waals surface area contributed by atoms with Crippen molar-refractivity contribution in [1.82, 2.24) is 4.31 Å². The van der Waals surface area contributed by atoms with Crippen molar-refractivity contribution in [2.75, 3.05) is 6.54 Å². The van der Waals surface area contributed by atoms with E-state index < -0.39 is 37.8 Å². The molecule has 0 bridgehead atoms. The number of benzene rings is 1. The minimum absolute atomic E-state index is 0.107. The summed E-state index contributed by atoms with van der Waals surface area (Å²) >= 11 is 0. The molecule has 0 saturated carbocycles. The fraction of sp³-hybridized carbons (Fsp3) is 0.542. The Bertz CT molecular complexity index is 1120. The van der Waals surface area contributed by atoms with E-state index in [4.69, 9.17) is 4.74 Å². The maximum atomic E-state index is 14.0. The van der Waals surface area contributed by atoms with E-state index in [0.717, 1.165) is 28.1 Å². The topological polar surface area (TPSA) is 63.7 Å². The van der Waals surface area contributed by atoms with Gasteiger partial charge in [-0.25, -0.2) is 8.42 Å². The molecule has 0 unspecified atom stereocenters. The molecule has 0 amide bonds. The van der Waals surface area contributed by atoms with Crippen molar-refractivity contribution >= 4 is 32.0 Å². The van der Waals surface area contributed by atoms with E-state index in [0.29, 0.717) is 19.4 Å². The number of aryl methyl sites for hydroxylation is 1. The molecule has 0 radical (unpaired) electrons. The fourth-order valence-corrected chi connectivity index (χ4v) is 10.4. The van der Waals surface area contributed by atoms with Crippen LogP contribution in [0.3, 0.4) is 0 Å². The summed E-state index contributed by atoms with van der Waals surface area (Å²) < 4.78 is 36.4. The number of nitrogens with zero attached hydrogens (tertiary/aromatic N) is 1. The van der Waals surface area contributed by atoms with Gasteiger partial charge in [0.2, 0.25) is 15.7 Å². The lowest BCUT2D eigenvalue weighted by atomic mass is 9.85. The highest BCUT2D eigenvalue weighted by Gasteiger charge is 2.65. The molecular weight excluding hydrogens is 455 g/mol. The van der Waals surface area contributed by atoms with E-state index >= 15 is 0 Å². The van der Waals surface area contributed by atoms with Crippen LogP contribution >= 0.6 is 0 Å². The molecule has 1 saturated heterocycles. The number of hydrogen-bond acceptors (Lipinski definition) is 4. The molecule has 2 aliphatic heterocycles. The molecule has 1 aromatic rings. The number of hydrogen-bond donors (Lipinski definition) is 0. The molecule has 0 N–H and O–H groups in total. The van der Waals surface area contributed by atoms with Gasteiger partial charge in [-0.1, -0.05) is 63.1 Å². The van der Waals surface area contributed by atoms with Gasteiger partial charge in [0.15, 0.2) is 5.78 Å². The van der Waals surface area contributed by atoms with Gasteiger partial charge in [-0.2, -0.15) is 4.31 Å². The average molecular weight is 490 g/mol. The molecule has 2 atom stereocenters. The molecule has 32 heavy (non-hydrogen) atoms. The van der Waals surface area contributed by atoms with Gasteiger partial charge in [-0.3, -0.25) is 4.79 Å². The van der Waals surface area contributed by atoms with Gasteiger partial charge in [0.25, 0.3) is 0 Å². The van der Waals surface area contributed by atoms with Crippen LogP contribution in [0.1, 0.15) is 24.8 Å². The first kappa shape index (κ1) is 23.7. The highest BCUT2D eigenvalue weighted by molar-refractivity contribution is 7.89. The van der Waals surface area contributed by atoms with Crippen LogP contribution in [0.15, 0.2) is 51.4 Å². The van der Waals surface area contributed by atoms with Gasteiger partial charge in [0.05, 0.1) is 24.3 Å². The van der Waals surface area contributed by atoms with Crippen molar-refractivity contribution in [3.8, 4) is 0 Å². The van der Waals surface area contributed by atoms with E-state index in [9.17, 15) is 13.2 Å². The third kappa shape index (κ3) is 3.50. The molecule has 8 heteroatoms. The van der Waals surface area contributed by atoms with Crippen LogP contribution in [-0.2, 0) is 19.6 Å². The van der Waals surface area contributed by atoms with E-state index in [2.05, 4.69) is 45.4 Å². The van der Waals surface area contributed by atoms with E-state index in [1.54, 1.807) is 16.4 Å². The zero-order valence-electron chi connectivity index (χ0n) is 20.3. The van der Waals surface area contributed by atoms with Crippen molar-refractivity contribution < 1.29 is 17.9 Å². The Kier molecular flexibility index (Phi) is 5.56. The second-order valence-electron chi connectivity index (χ2n) is 11.4. The van der Waals surface area contributed by atoms with Gasteiger partial charge in [0, 0.05) is 6.54 Å². The van der Waals surface area contributed by atoms with Crippen LogP contribution in [-0.4, -0.2) is 46.9 Å². The largest absolute Gasteiger partial charge is 0.477 e. The summed E-state index contributed by atoms with van der Waals surface area (Å²) in [5.41, 5.74) is 0.741. The summed E-state index contributed by atoms with van der Waals surface area (Å²) in [7, 11) is -7.73. The zero-order valence-corrected chi connectivity index (χ0v) is 23.1. The van der Waals surface area contributed by atoms with Crippen molar-refractivity contribution in [3.05, 3.63) is 52.1 Å². The fourth-order valence-electron chi connectivity index (χ4n) is 5.39. The van der Waals surface area contributed by atoms with E-state index in [1.165, 1.54) is 0 Å². The minimum atomic E-state index is -3.85. The number of allylic oxidation sites excluding steroid dienone is 2. The van der Waals surface area contributed by atoms with Crippen LogP contribution in [0.25, 0.3) is 0 Å². The van der Waals surface area contributed by atoms with E-state index in [1.807, 2.05) is 19.1 Å². The summed E-state index contributed by atoms with van der Waals surface area (Å²) in [6, 6.07) is 6.99. The van der Waals surface area contributed by atoms with Crippen LogP contribution in [0, 0.1) is 12.8 Å². The summed E-state index contributed by atoms with van der Waals surface area (Å²) in [6.07, 6.45) is 4.03. The number of sulfonamides is 1. The number of rotatable bonds is 4. The third-order valence-corrected chi connectivity index (χ3v) is 12.6. The van der Waals surface area contributed by atoms with Crippen molar-refractivity contribution in [2.45, 2.75) is 76.1 Å². The second kappa shape index (κ2) is 7.51. The monoisotopic (exact) mass is 489 g/mol. The first-order valence-corrected chi connectivity index (χ1v) is 19.9. The molecule has 1 aliphatic carbocycles. The standard InChI is InChI=1S/C24H35NO4SSi2/c1-17-10-12-18(13-11-17)30(27,28)25-16-8-9-20-23(32(5,6)7)22(26)19-14-15-21(31(2,3)4)29-24(19,20)25/h10-13,15,19H,8-9,14,16H2,1-7H3/t19-,24-/m1/s1. The quantitative estimate of drug-likeness (QED) is 0.557. The van der Waals surface area contributed by atoms with E-state index in [-0.39, 0.29) is 10.7 Å². The van der Waals surface area contributed by atoms with Gasteiger partial charge in [-0.05, 0) is 49.1 Å². The first-order chi connectivity index (χ1) is 14.7. The predicted molar refractivity (Wildman–Crippen MR) is 133 cm³/mol. The molecule has 4 rings (SSSR count). The molecule has 3 aliphatic rings. The van der Waals surface area contributed by atoms with Crippen LogP contribution in [0.2, 0.25) is 39.3 Å². The molecule has 5 nitrogen and oxygen atoms in total. The maximum absolute atomic E-state index is 14.0. The zero-order chi connectivity index (χ0) is 23.7. The average Bonchev–Trinajstić information content (AvgIpc) is 2.95. The number of carbonyl (C=O) groups is 1. The SMILES string of the molecule is Cc1ccc(S(=O)(=O)N2CCCC3=C([Si](C)(C)C)C(=O)[C@H]4CC=C([Si](C)(C)C)O[C@@]342)cc1. The number of Topliss-reactive ketones (excluding diaryl/α,β-unsaturated/α-hetero) is 1. The Morgan fingerprint density at radius 3 is 2.22 bits per heavy atom. The normalized spacial score (nSPS) is 27.0. The Labute approximate surface area is 194 Å². The number of carbonyl (C=O) groups excluding carboxylic acids is 1. The molecule has 174 valence electrons. The summed E-state index contributed by atoms with van der Waals surface area (Å²) in [4.78, 5) is 14.1.